The average molecular weight is 453 g/mol. The number of carbonyl (C=O) groups excluding carboxylic acids is 2. The highest BCUT2D eigenvalue weighted by atomic mass is 16.5. The number of H-pyrrole nitrogens is 1. The molecule has 3 heterocycles. The number of likely N-dealkylation sites (tertiary alicyclic amines) is 1. The monoisotopic (exact) mass is 452 g/mol. The molecule has 0 aliphatic carbocycles. The second-order valence-electron chi connectivity index (χ2n) is 9.08. The van der Waals surface area contributed by atoms with Crippen LogP contribution < -0.4 is 0 Å². The van der Waals surface area contributed by atoms with Gasteiger partial charge in [-0.1, -0.05) is 38.1 Å². The normalized spacial score (nSPS) is 21.4. The van der Waals surface area contributed by atoms with Gasteiger partial charge in [-0.05, 0) is 30.9 Å². The zero-order chi connectivity index (χ0) is 23.7. The average Bonchev–Trinajstić information content (AvgIpc) is 3.28. The Morgan fingerprint density at radius 2 is 1.82 bits per heavy atom. The van der Waals surface area contributed by atoms with E-state index in [0.29, 0.717) is 49.2 Å². The number of carbonyl (C=O) groups is 2. The van der Waals surface area contributed by atoms with E-state index >= 15 is 0 Å². The summed E-state index contributed by atoms with van der Waals surface area (Å²) in [6.07, 6.45) is 0. The van der Waals surface area contributed by atoms with E-state index in [4.69, 9.17) is 4.74 Å². The molecule has 1 atom stereocenters. The number of hydrogen-bond acceptors (Lipinski definition) is 6. The number of nitrogens with zero attached hydrogens (tertiary/aromatic N) is 3. The number of ether oxygens (including phenoxy) is 1. The third kappa shape index (κ3) is 4.45. The van der Waals surface area contributed by atoms with Gasteiger partial charge >= 0.3 is 0 Å². The van der Waals surface area contributed by atoms with Crippen LogP contribution in [0.1, 0.15) is 53.9 Å². The van der Waals surface area contributed by atoms with Crippen LogP contribution in [0.5, 0.6) is 0 Å². The number of aromatic amines is 1. The number of morpholine rings is 1. The molecule has 2 fully saturated rings. The molecule has 1 aromatic heterocycles. The van der Waals surface area contributed by atoms with Crippen LogP contribution in [-0.2, 0) is 14.3 Å². The van der Waals surface area contributed by atoms with E-state index in [-0.39, 0.29) is 11.3 Å². The van der Waals surface area contributed by atoms with Gasteiger partial charge in [-0.15, -0.1) is 0 Å². The predicted molar refractivity (Wildman–Crippen MR) is 125 cm³/mol. The molecule has 1 amide bonds. The van der Waals surface area contributed by atoms with Gasteiger partial charge in [-0.3, -0.25) is 19.6 Å². The Morgan fingerprint density at radius 3 is 2.39 bits per heavy atom. The van der Waals surface area contributed by atoms with Crippen molar-refractivity contribution in [3.63, 3.8) is 0 Å². The fraction of sp³-hybridized carbons (Fsp3) is 0.480. The minimum Gasteiger partial charge on any atom is -0.507 e. The smallest absolute Gasteiger partial charge is 0.295 e. The van der Waals surface area contributed by atoms with Gasteiger partial charge < -0.3 is 14.7 Å². The minimum atomic E-state index is -0.660. The summed E-state index contributed by atoms with van der Waals surface area (Å²) >= 11 is 0. The number of benzene rings is 1. The maximum Gasteiger partial charge on any atom is 0.295 e. The van der Waals surface area contributed by atoms with E-state index in [1.165, 1.54) is 5.56 Å². The van der Waals surface area contributed by atoms with Gasteiger partial charge in [0, 0.05) is 31.9 Å². The largest absolute Gasteiger partial charge is 0.507 e. The van der Waals surface area contributed by atoms with Crippen molar-refractivity contribution in [1.29, 1.82) is 0 Å². The number of Topliss-reactive ketones (excluding diaryl/α,β-unsaturated/α-hetero) is 1. The molecule has 0 bridgehead atoms. The highest BCUT2D eigenvalue weighted by Gasteiger charge is 2.46. The first-order valence-electron chi connectivity index (χ1n) is 11.5. The molecule has 2 aromatic rings. The molecule has 0 unspecified atom stereocenters. The van der Waals surface area contributed by atoms with Gasteiger partial charge in [-0.25, -0.2) is 0 Å². The fourth-order valence-corrected chi connectivity index (χ4v) is 4.63. The molecule has 0 spiro atoms. The van der Waals surface area contributed by atoms with Gasteiger partial charge in [-0.2, -0.15) is 5.10 Å². The van der Waals surface area contributed by atoms with Crippen LogP contribution in [0.25, 0.3) is 5.76 Å². The predicted octanol–water partition coefficient (Wildman–Crippen LogP) is 2.90. The van der Waals surface area contributed by atoms with Crippen molar-refractivity contribution < 1.29 is 19.4 Å². The summed E-state index contributed by atoms with van der Waals surface area (Å²) in [6, 6.07) is 7.31. The van der Waals surface area contributed by atoms with Crippen LogP contribution in [0.4, 0.5) is 0 Å². The van der Waals surface area contributed by atoms with Crippen molar-refractivity contribution in [3.8, 4) is 0 Å². The minimum absolute atomic E-state index is 0.117. The molecule has 8 nitrogen and oxygen atoms in total. The number of aliphatic hydroxyl groups excluding tert-OH is 1. The van der Waals surface area contributed by atoms with E-state index < -0.39 is 17.7 Å². The maximum absolute atomic E-state index is 13.2. The molecule has 0 saturated carbocycles. The number of nitrogens with one attached hydrogen (secondary N) is 1. The van der Waals surface area contributed by atoms with E-state index in [9.17, 15) is 14.7 Å². The van der Waals surface area contributed by atoms with E-state index in [1.54, 1.807) is 18.7 Å². The Balaban J connectivity index is 1.76. The summed E-state index contributed by atoms with van der Waals surface area (Å²) < 4.78 is 5.42. The summed E-state index contributed by atoms with van der Waals surface area (Å²) in [5.41, 5.74) is 3.81. The highest BCUT2D eigenvalue weighted by molar-refractivity contribution is 6.46. The number of aryl methyl sites for hydroxylation is 2. The third-order valence-corrected chi connectivity index (χ3v) is 6.58. The van der Waals surface area contributed by atoms with Gasteiger partial charge in [0.05, 0.1) is 36.1 Å². The Bertz CT molecular complexity index is 1050. The Labute approximate surface area is 194 Å². The van der Waals surface area contributed by atoms with E-state index in [2.05, 4.69) is 28.9 Å². The Morgan fingerprint density at radius 1 is 1.15 bits per heavy atom. The van der Waals surface area contributed by atoms with Crippen LogP contribution in [0.3, 0.4) is 0 Å². The van der Waals surface area contributed by atoms with Crippen molar-refractivity contribution >= 4 is 17.4 Å². The number of rotatable bonds is 6. The summed E-state index contributed by atoms with van der Waals surface area (Å²) in [7, 11) is 0. The quantitative estimate of drug-likeness (QED) is 0.397. The van der Waals surface area contributed by atoms with Crippen LogP contribution in [-0.4, -0.2) is 76.2 Å². The zero-order valence-electron chi connectivity index (χ0n) is 19.7. The first kappa shape index (κ1) is 23.2. The molecule has 2 aliphatic heterocycles. The second kappa shape index (κ2) is 9.49. The van der Waals surface area contributed by atoms with E-state index in [0.717, 1.165) is 18.7 Å². The third-order valence-electron chi connectivity index (χ3n) is 6.58. The summed E-state index contributed by atoms with van der Waals surface area (Å²) in [5, 5.41) is 18.3. The van der Waals surface area contributed by atoms with Crippen LogP contribution in [0.15, 0.2) is 29.8 Å². The molecule has 2 aliphatic rings. The van der Waals surface area contributed by atoms with Crippen molar-refractivity contribution in [2.24, 2.45) is 0 Å². The lowest BCUT2D eigenvalue weighted by molar-refractivity contribution is -0.140. The number of ketones is 1. The number of amides is 1. The summed E-state index contributed by atoms with van der Waals surface area (Å²) in [6.45, 7) is 11.7. The zero-order valence-corrected chi connectivity index (χ0v) is 19.7. The van der Waals surface area contributed by atoms with Crippen LogP contribution >= 0.6 is 0 Å². The van der Waals surface area contributed by atoms with Gasteiger partial charge in [0.1, 0.15) is 5.76 Å². The molecule has 4 rings (SSSR count). The second-order valence-corrected chi connectivity index (χ2v) is 9.08. The molecule has 2 N–H and O–H groups in total. The SMILES string of the molecule is Cc1n[nH]c(C)c1C(O)=C1C(=O)C(=O)N(CCN2CCOCC2)[C@@H]1c1ccc(C(C)C)cc1. The lowest BCUT2D eigenvalue weighted by Gasteiger charge is -2.31. The summed E-state index contributed by atoms with van der Waals surface area (Å²) in [4.78, 5) is 30.2. The molecular weight excluding hydrogens is 420 g/mol. The van der Waals surface area contributed by atoms with Crippen molar-refractivity contribution in [2.45, 2.75) is 39.7 Å². The fourth-order valence-electron chi connectivity index (χ4n) is 4.63. The maximum atomic E-state index is 13.2. The van der Waals surface area contributed by atoms with Crippen molar-refractivity contribution in [2.75, 3.05) is 39.4 Å². The van der Waals surface area contributed by atoms with Crippen molar-refractivity contribution in [3.05, 3.63) is 57.9 Å². The molecule has 1 aromatic carbocycles. The lowest BCUT2D eigenvalue weighted by atomic mass is 9.93. The molecule has 33 heavy (non-hydrogen) atoms. The molecule has 2 saturated heterocycles. The topological polar surface area (TPSA) is 98.8 Å². The molecule has 176 valence electrons. The van der Waals surface area contributed by atoms with Crippen LogP contribution in [0, 0.1) is 13.8 Å². The molecular formula is C25H32N4O4. The number of hydrogen-bond donors (Lipinski definition) is 2. The molecule has 8 heteroatoms. The first-order valence-corrected chi connectivity index (χ1v) is 11.5. The number of aliphatic hydroxyl groups is 1. The van der Waals surface area contributed by atoms with Gasteiger partial charge in [0.25, 0.3) is 11.7 Å². The Kier molecular flexibility index (Phi) is 6.67. The Hall–Kier alpha value is -2.97. The van der Waals surface area contributed by atoms with Gasteiger partial charge in [0.15, 0.2) is 0 Å². The van der Waals surface area contributed by atoms with Crippen molar-refractivity contribution in [1.82, 2.24) is 20.0 Å². The lowest BCUT2D eigenvalue weighted by Crippen LogP contribution is -2.42. The summed E-state index contributed by atoms with van der Waals surface area (Å²) in [5.74, 6) is -1.05. The molecule has 0 radical (unpaired) electrons. The standard InChI is InChI=1S/C25H32N4O4/c1-15(2)18-5-7-19(8-6-18)22-21(23(30)20-16(3)26-27-17(20)4)24(31)25(32)29(22)10-9-28-11-13-33-14-12-28/h5-8,15,22,30H,9-14H2,1-4H3,(H,26,27)/t22-/m1/s1. The number of aromatic nitrogens is 2. The first-order chi connectivity index (χ1) is 15.8. The van der Waals surface area contributed by atoms with Crippen LogP contribution in [0.2, 0.25) is 0 Å². The van der Waals surface area contributed by atoms with E-state index in [1.807, 2.05) is 24.3 Å². The highest BCUT2D eigenvalue weighted by Crippen LogP contribution is 2.40. The van der Waals surface area contributed by atoms with Gasteiger partial charge in [0.2, 0.25) is 0 Å².